The van der Waals surface area contributed by atoms with Crippen LogP contribution in [0.1, 0.15) is 11.1 Å². The van der Waals surface area contributed by atoms with Crippen LogP contribution in [0.5, 0.6) is 0 Å². The van der Waals surface area contributed by atoms with Gasteiger partial charge in [0.25, 0.3) is 0 Å². The molecular weight excluding hydrogens is 327 g/mol. The fraction of sp³-hybridized carbons (Fsp3) is 0. The van der Waals surface area contributed by atoms with Gasteiger partial charge in [0.05, 0.1) is 0 Å². The van der Waals surface area contributed by atoms with Crippen LogP contribution in [0.3, 0.4) is 0 Å². The monoisotopic (exact) mass is 339 g/mol. The number of allylic oxidation sites excluding steroid dienone is 2. The third-order valence-corrected chi connectivity index (χ3v) is 2.41. The Balaban J connectivity index is 0.00000180. The van der Waals surface area contributed by atoms with E-state index < -0.39 is 0 Å². The minimum absolute atomic E-state index is 0. The average molecular weight is 340 g/mol. The van der Waals surface area contributed by atoms with E-state index >= 15 is 0 Å². The molecule has 0 aliphatic carbocycles. The van der Waals surface area contributed by atoms with E-state index in [1.54, 1.807) is 18.2 Å². The van der Waals surface area contributed by atoms with Gasteiger partial charge in [0.2, 0.25) is 0 Å². The summed E-state index contributed by atoms with van der Waals surface area (Å²) >= 11 is 0. The van der Waals surface area contributed by atoms with Gasteiger partial charge >= 0.3 is 0 Å². The quantitative estimate of drug-likeness (QED) is 0.471. The molecule has 0 fully saturated rings. The van der Waals surface area contributed by atoms with Gasteiger partial charge in [0.15, 0.2) is 5.78 Å². The molecule has 98 valence electrons. The fourth-order valence-electron chi connectivity index (χ4n) is 1.49. The Morgan fingerprint density at radius 1 is 0.895 bits per heavy atom. The summed E-state index contributed by atoms with van der Waals surface area (Å²) in [5, 5.41) is 0. The van der Waals surface area contributed by atoms with Crippen molar-refractivity contribution in [3.63, 3.8) is 0 Å². The minimum atomic E-state index is -0.0253. The Morgan fingerprint density at radius 3 is 2.16 bits per heavy atom. The molecule has 0 radical (unpaired) electrons. The molecule has 19 heavy (non-hydrogen) atoms. The van der Waals surface area contributed by atoms with Gasteiger partial charge in [-0.3, -0.25) is 4.79 Å². The first-order valence-corrected chi connectivity index (χ1v) is 5.76. The fourth-order valence-corrected chi connectivity index (χ4v) is 1.49. The topological polar surface area (TPSA) is 17.1 Å². The van der Waals surface area contributed by atoms with Crippen molar-refractivity contribution in [2.75, 3.05) is 0 Å². The zero-order chi connectivity index (χ0) is 12.6. The molecule has 2 heteroatoms. The van der Waals surface area contributed by atoms with Gasteiger partial charge in [0.1, 0.15) is 0 Å². The molecule has 0 bridgehead atoms. The van der Waals surface area contributed by atoms with Gasteiger partial charge in [0, 0.05) is 20.4 Å². The van der Waals surface area contributed by atoms with Gasteiger partial charge in [-0.2, -0.15) is 30.3 Å². The Morgan fingerprint density at radius 2 is 1.53 bits per heavy atom. The Kier molecular flexibility index (Phi) is 6.75. The van der Waals surface area contributed by atoms with Crippen molar-refractivity contribution in [1.29, 1.82) is 0 Å². The molecule has 0 aliphatic rings. The zero-order valence-corrected chi connectivity index (χ0v) is 11.8. The molecule has 0 unspecified atom stereocenters. The predicted molar refractivity (Wildman–Crippen MR) is 74.8 cm³/mol. The number of carbonyl (C=O) groups excluding carboxylic acids is 1. The van der Waals surface area contributed by atoms with E-state index in [0.29, 0.717) is 0 Å². The van der Waals surface area contributed by atoms with Crippen LogP contribution in [0.15, 0.2) is 66.7 Å². The van der Waals surface area contributed by atoms with E-state index in [-0.39, 0.29) is 26.2 Å². The van der Waals surface area contributed by atoms with Crippen LogP contribution < -0.4 is 0 Å². The maximum absolute atomic E-state index is 11.6. The second-order valence-electron chi connectivity index (χ2n) is 3.82. The van der Waals surface area contributed by atoms with Crippen molar-refractivity contribution in [3.05, 3.63) is 83.9 Å². The molecule has 0 amide bonds. The molecule has 0 aliphatic heterocycles. The standard InChI is InChI=1S/C17H13O.Pd/c18-17(13-11-15-7-3-1-4-8-15)14-12-16-9-5-2-6-10-16;/h1-5,7-14H;/q-1;. The molecular formula is C17H13OPd-. The van der Waals surface area contributed by atoms with Gasteiger partial charge in [-0.1, -0.05) is 36.4 Å². The number of benzene rings is 2. The van der Waals surface area contributed by atoms with E-state index in [1.807, 2.05) is 60.7 Å². The second kappa shape index (κ2) is 8.37. The number of hydrogen-bond donors (Lipinski definition) is 0. The van der Waals surface area contributed by atoms with Gasteiger partial charge < -0.3 is 0 Å². The van der Waals surface area contributed by atoms with Crippen molar-refractivity contribution >= 4 is 17.9 Å². The molecule has 0 saturated carbocycles. The third-order valence-electron chi connectivity index (χ3n) is 2.41. The number of hydrogen-bond acceptors (Lipinski definition) is 1. The Hall–Kier alpha value is -1.75. The summed E-state index contributed by atoms with van der Waals surface area (Å²) in [7, 11) is 0. The molecule has 0 atom stereocenters. The van der Waals surface area contributed by atoms with Gasteiger partial charge in [-0.25, -0.2) is 0 Å². The molecule has 1 nitrogen and oxygen atoms in total. The molecule has 0 aromatic heterocycles. The van der Waals surface area contributed by atoms with Crippen molar-refractivity contribution in [2.45, 2.75) is 0 Å². The average Bonchev–Trinajstić information content (AvgIpc) is 2.45. The number of carbonyl (C=O) groups is 1. The van der Waals surface area contributed by atoms with Gasteiger partial charge in [-0.15, -0.1) is 11.6 Å². The smallest absolute Gasteiger partial charge is 0.177 e. The number of rotatable bonds is 4. The van der Waals surface area contributed by atoms with Gasteiger partial charge in [-0.05, 0) is 17.7 Å². The normalized spacial score (nSPS) is 10.5. The third kappa shape index (κ3) is 5.61. The molecule has 0 heterocycles. The molecule has 0 saturated heterocycles. The summed E-state index contributed by atoms with van der Waals surface area (Å²) in [6.45, 7) is 0. The maximum Gasteiger partial charge on any atom is 0.177 e. The molecule has 2 aromatic carbocycles. The minimum Gasteiger partial charge on any atom is -0.290 e. The molecule has 2 aromatic rings. The number of ketones is 1. The van der Waals surface area contributed by atoms with E-state index in [1.165, 1.54) is 0 Å². The SMILES string of the molecule is O=C(C=Cc1c[c-]ccc1)C=Cc1ccccc1.[Pd]. The van der Waals surface area contributed by atoms with Crippen LogP contribution in [-0.2, 0) is 25.2 Å². The first kappa shape index (κ1) is 15.3. The molecule has 0 spiro atoms. The summed E-state index contributed by atoms with van der Waals surface area (Å²) in [6, 6.07) is 20.2. The van der Waals surface area contributed by atoms with Crippen molar-refractivity contribution in [1.82, 2.24) is 0 Å². The maximum atomic E-state index is 11.6. The summed E-state index contributed by atoms with van der Waals surface area (Å²) < 4.78 is 0. The van der Waals surface area contributed by atoms with Crippen molar-refractivity contribution in [3.8, 4) is 0 Å². The van der Waals surface area contributed by atoms with Crippen LogP contribution in [0, 0.1) is 6.07 Å². The van der Waals surface area contributed by atoms with Crippen molar-refractivity contribution < 1.29 is 25.2 Å². The molecule has 2 rings (SSSR count). The van der Waals surface area contributed by atoms with Crippen molar-refractivity contribution in [2.24, 2.45) is 0 Å². The Labute approximate surface area is 127 Å². The van der Waals surface area contributed by atoms with E-state index in [0.717, 1.165) is 11.1 Å². The summed E-state index contributed by atoms with van der Waals surface area (Å²) in [5.41, 5.74) is 1.99. The first-order chi connectivity index (χ1) is 8.84. The van der Waals surface area contributed by atoms with Crippen LogP contribution >= 0.6 is 0 Å². The van der Waals surface area contributed by atoms with Crippen LogP contribution in [-0.4, -0.2) is 5.78 Å². The second-order valence-corrected chi connectivity index (χ2v) is 3.82. The zero-order valence-electron chi connectivity index (χ0n) is 10.2. The van der Waals surface area contributed by atoms with E-state index in [4.69, 9.17) is 0 Å². The first-order valence-electron chi connectivity index (χ1n) is 5.76. The summed E-state index contributed by atoms with van der Waals surface area (Å²) in [5.74, 6) is -0.0253. The van der Waals surface area contributed by atoms with E-state index in [2.05, 4.69) is 6.07 Å². The molecule has 0 N–H and O–H groups in total. The predicted octanol–water partition coefficient (Wildman–Crippen LogP) is 3.78. The van der Waals surface area contributed by atoms with Crippen LogP contribution in [0.2, 0.25) is 0 Å². The summed E-state index contributed by atoms with van der Waals surface area (Å²) in [4.78, 5) is 11.6. The summed E-state index contributed by atoms with van der Waals surface area (Å²) in [6.07, 6.45) is 6.72. The van der Waals surface area contributed by atoms with Crippen LogP contribution in [0.4, 0.5) is 0 Å². The Bertz CT molecular complexity index is 505. The van der Waals surface area contributed by atoms with Crippen LogP contribution in [0.25, 0.3) is 12.2 Å². The largest absolute Gasteiger partial charge is 0.290 e. The van der Waals surface area contributed by atoms with E-state index in [9.17, 15) is 4.79 Å².